The molecular formula is C19H20O4. The average Bonchev–Trinajstić information content (AvgIpc) is 2.57. The topological polar surface area (TPSA) is 55.8 Å². The third-order valence-corrected chi connectivity index (χ3v) is 3.10. The SMILES string of the molecule is CCCOc1ccc(C=CC(=O)O)c(OCc2ccccc2)c1. The fourth-order valence-corrected chi connectivity index (χ4v) is 1.98. The number of carboxylic acid groups (broad SMARTS) is 1. The Bertz CT molecular complexity index is 662. The molecule has 0 amide bonds. The molecule has 2 rings (SSSR count). The van der Waals surface area contributed by atoms with Crippen LogP contribution in [0.5, 0.6) is 11.5 Å². The maximum atomic E-state index is 10.7. The van der Waals surface area contributed by atoms with Crippen LogP contribution in [-0.2, 0) is 11.4 Å². The maximum absolute atomic E-state index is 10.7. The number of hydrogen-bond donors (Lipinski definition) is 1. The summed E-state index contributed by atoms with van der Waals surface area (Å²) in [5, 5.41) is 8.79. The van der Waals surface area contributed by atoms with Crippen molar-refractivity contribution in [3.8, 4) is 11.5 Å². The first-order valence-electron chi connectivity index (χ1n) is 7.53. The van der Waals surface area contributed by atoms with E-state index in [4.69, 9.17) is 14.6 Å². The Balaban J connectivity index is 2.18. The monoisotopic (exact) mass is 312 g/mol. The molecule has 0 spiro atoms. The second-order valence-corrected chi connectivity index (χ2v) is 4.99. The van der Waals surface area contributed by atoms with Gasteiger partial charge in [-0.2, -0.15) is 0 Å². The van der Waals surface area contributed by atoms with E-state index in [9.17, 15) is 4.79 Å². The number of carbonyl (C=O) groups is 1. The van der Waals surface area contributed by atoms with E-state index in [0.29, 0.717) is 30.3 Å². The van der Waals surface area contributed by atoms with E-state index < -0.39 is 5.97 Å². The van der Waals surface area contributed by atoms with Crippen molar-refractivity contribution < 1.29 is 19.4 Å². The van der Waals surface area contributed by atoms with E-state index in [2.05, 4.69) is 0 Å². The lowest BCUT2D eigenvalue weighted by Crippen LogP contribution is -1.99. The Morgan fingerprint density at radius 3 is 2.61 bits per heavy atom. The predicted octanol–water partition coefficient (Wildman–Crippen LogP) is 4.15. The molecule has 120 valence electrons. The van der Waals surface area contributed by atoms with E-state index in [1.54, 1.807) is 12.1 Å². The van der Waals surface area contributed by atoms with Crippen LogP contribution in [0.2, 0.25) is 0 Å². The van der Waals surface area contributed by atoms with Crippen molar-refractivity contribution in [1.29, 1.82) is 0 Å². The highest BCUT2D eigenvalue weighted by molar-refractivity contribution is 5.86. The Labute approximate surface area is 136 Å². The Hall–Kier alpha value is -2.75. The molecule has 0 heterocycles. The van der Waals surface area contributed by atoms with Crippen LogP contribution in [0.1, 0.15) is 24.5 Å². The lowest BCUT2D eigenvalue weighted by molar-refractivity contribution is -0.131. The van der Waals surface area contributed by atoms with Crippen LogP contribution in [0.4, 0.5) is 0 Å². The molecule has 0 aromatic heterocycles. The summed E-state index contributed by atoms with van der Waals surface area (Å²) in [5.41, 5.74) is 1.74. The minimum absolute atomic E-state index is 0.409. The van der Waals surface area contributed by atoms with E-state index in [1.165, 1.54) is 6.08 Å². The summed E-state index contributed by atoms with van der Waals surface area (Å²) in [6, 6.07) is 15.2. The Morgan fingerprint density at radius 1 is 1.13 bits per heavy atom. The van der Waals surface area contributed by atoms with Crippen LogP contribution in [0, 0.1) is 0 Å². The Morgan fingerprint density at radius 2 is 1.91 bits per heavy atom. The van der Waals surface area contributed by atoms with Crippen molar-refractivity contribution in [1.82, 2.24) is 0 Å². The second-order valence-electron chi connectivity index (χ2n) is 4.99. The summed E-state index contributed by atoms with van der Waals surface area (Å²) >= 11 is 0. The van der Waals surface area contributed by atoms with Crippen LogP contribution in [0.3, 0.4) is 0 Å². The quantitative estimate of drug-likeness (QED) is 0.744. The third-order valence-electron chi connectivity index (χ3n) is 3.10. The molecular weight excluding hydrogens is 292 g/mol. The smallest absolute Gasteiger partial charge is 0.328 e. The summed E-state index contributed by atoms with van der Waals surface area (Å²) in [4.78, 5) is 10.7. The fraction of sp³-hybridized carbons (Fsp3) is 0.211. The average molecular weight is 312 g/mol. The summed E-state index contributed by atoms with van der Waals surface area (Å²) in [7, 11) is 0. The molecule has 0 bridgehead atoms. The van der Waals surface area contributed by atoms with Crippen LogP contribution in [0.25, 0.3) is 6.08 Å². The zero-order valence-corrected chi connectivity index (χ0v) is 13.1. The van der Waals surface area contributed by atoms with Gasteiger partial charge in [0.2, 0.25) is 0 Å². The minimum atomic E-state index is -0.995. The maximum Gasteiger partial charge on any atom is 0.328 e. The first-order chi connectivity index (χ1) is 11.2. The number of hydrogen-bond acceptors (Lipinski definition) is 3. The van der Waals surface area contributed by atoms with Gasteiger partial charge in [0.1, 0.15) is 18.1 Å². The predicted molar refractivity (Wildman–Crippen MR) is 89.7 cm³/mol. The molecule has 0 aliphatic heterocycles. The zero-order valence-electron chi connectivity index (χ0n) is 13.1. The normalized spacial score (nSPS) is 10.7. The van der Waals surface area contributed by atoms with Gasteiger partial charge in [-0.1, -0.05) is 37.3 Å². The summed E-state index contributed by atoms with van der Waals surface area (Å²) in [6.07, 6.45) is 3.53. The standard InChI is InChI=1S/C19H20O4/c1-2-12-22-17-10-8-16(9-11-19(20)21)18(13-17)23-14-15-6-4-3-5-7-15/h3-11,13H,2,12,14H2,1H3,(H,20,21). The van der Waals surface area contributed by atoms with Gasteiger partial charge in [0.25, 0.3) is 0 Å². The number of aliphatic carboxylic acids is 1. The largest absolute Gasteiger partial charge is 0.493 e. The highest BCUT2D eigenvalue weighted by atomic mass is 16.5. The highest BCUT2D eigenvalue weighted by Crippen LogP contribution is 2.27. The molecule has 23 heavy (non-hydrogen) atoms. The molecule has 0 aliphatic rings. The van der Waals surface area contributed by atoms with Gasteiger partial charge in [0, 0.05) is 17.7 Å². The van der Waals surface area contributed by atoms with Crippen LogP contribution in [0.15, 0.2) is 54.6 Å². The molecule has 4 nitrogen and oxygen atoms in total. The van der Waals surface area contributed by atoms with Gasteiger partial charge < -0.3 is 14.6 Å². The zero-order chi connectivity index (χ0) is 16.5. The van der Waals surface area contributed by atoms with Crippen LogP contribution in [-0.4, -0.2) is 17.7 Å². The van der Waals surface area contributed by atoms with E-state index >= 15 is 0 Å². The molecule has 0 aliphatic carbocycles. The van der Waals surface area contributed by atoms with Gasteiger partial charge in [0.15, 0.2) is 0 Å². The van der Waals surface area contributed by atoms with E-state index in [-0.39, 0.29) is 0 Å². The van der Waals surface area contributed by atoms with Gasteiger partial charge in [-0.3, -0.25) is 0 Å². The lowest BCUT2D eigenvalue weighted by atomic mass is 10.1. The van der Waals surface area contributed by atoms with Crippen molar-refractivity contribution in [2.24, 2.45) is 0 Å². The van der Waals surface area contributed by atoms with Gasteiger partial charge in [-0.25, -0.2) is 4.79 Å². The van der Waals surface area contributed by atoms with Gasteiger partial charge in [0.05, 0.1) is 6.61 Å². The number of benzene rings is 2. The Kier molecular flexibility index (Phi) is 6.24. The van der Waals surface area contributed by atoms with Gasteiger partial charge >= 0.3 is 5.97 Å². The highest BCUT2D eigenvalue weighted by Gasteiger charge is 2.05. The summed E-state index contributed by atoms with van der Waals surface area (Å²) in [6.45, 7) is 3.07. The number of carboxylic acids is 1. The molecule has 4 heteroatoms. The summed E-state index contributed by atoms with van der Waals surface area (Å²) < 4.78 is 11.5. The first-order valence-corrected chi connectivity index (χ1v) is 7.53. The number of ether oxygens (including phenoxy) is 2. The molecule has 0 saturated carbocycles. The lowest BCUT2D eigenvalue weighted by Gasteiger charge is -2.12. The second kappa shape index (κ2) is 8.63. The fourth-order valence-electron chi connectivity index (χ4n) is 1.98. The number of rotatable bonds is 8. The molecule has 0 saturated heterocycles. The van der Waals surface area contributed by atoms with Crippen LogP contribution < -0.4 is 9.47 Å². The van der Waals surface area contributed by atoms with E-state index in [0.717, 1.165) is 18.1 Å². The first kappa shape index (κ1) is 16.6. The molecule has 0 fully saturated rings. The molecule has 2 aromatic carbocycles. The van der Waals surface area contributed by atoms with E-state index in [1.807, 2.05) is 43.3 Å². The van der Waals surface area contributed by atoms with Crippen molar-refractivity contribution >= 4 is 12.0 Å². The molecule has 0 atom stereocenters. The van der Waals surface area contributed by atoms with Crippen molar-refractivity contribution in [3.63, 3.8) is 0 Å². The van der Waals surface area contributed by atoms with Crippen molar-refractivity contribution in [2.45, 2.75) is 20.0 Å². The van der Waals surface area contributed by atoms with Gasteiger partial charge in [-0.05, 0) is 30.2 Å². The van der Waals surface area contributed by atoms with Crippen LogP contribution >= 0.6 is 0 Å². The molecule has 2 aromatic rings. The van der Waals surface area contributed by atoms with Gasteiger partial charge in [-0.15, -0.1) is 0 Å². The van der Waals surface area contributed by atoms with Crippen molar-refractivity contribution in [2.75, 3.05) is 6.61 Å². The minimum Gasteiger partial charge on any atom is -0.493 e. The molecule has 0 unspecified atom stereocenters. The molecule has 1 N–H and O–H groups in total. The third kappa shape index (κ3) is 5.51. The molecule has 0 radical (unpaired) electrons. The van der Waals surface area contributed by atoms with Crippen molar-refractivity contribution in [3.05, 3.63) is 65.7 Å². The summed E-state index contributed by atoms with van der Waals surface area (Å²) in [5.74, 6) is 0.313.